The Kier molecular flexibility index (Phi) is 5.53. The molecular formula is C13H15NO5. The average Bonchev–Trinajstić information content (AvgIpc) is 2.37. The summed E-state index contributed by atoms with van der Waals surface area (Å²) in [5.41, 5.74) is 0.560. The number of rotatable bonds is 6. The number of amides is 1. The Labute approximate surface area is 110 Å². The minimum atomic E-state index is -1.05. The van der Waals surface area contributed by atoms with E-state index in [2.05, 4.69) is 5.32 Å². The lowest BCUT2D eigenvalue weighted by Gasteiger charge is -2.09. The highest BCUT2D eigenvalue weighted by Crippen LogP contribution is 2.16. The number of esters is 1. The van der Waals surface area contributed by atoms with Crippen molar-refractivity contribution in [3.63, 3.8) is 0 Å². The highest BCUT2D eigenvalue weighted by molar-refractivity contribution is 6.01. The second-order valence-electron chi connectivity index (χ2n) is 3.71. The first kappa shape index (κ1) is 14.7. The summed E-state index contributed by atoms with van der Waals surface area (Å²) in [4.78, 5) is 33.5. The predicted molar refractivity (Wildman–Crippen MR) is 67.9 cm³/mol. The van der Waals surface area contributed by atoms with E-state index in [-0.39, 0.29) is 25.0 Å². The molecule has 19 heavy (non-hydrogen) atoms. The maximum Gasteiger partial charge on any atom is 0.340 e. The van der Waals surface area contributed by atoms with Gasteiger partial charge in [-0.15, -0.1) is 0 Å². The zero-order valence-corrected chi connectivity index (χ0v) is 10.5. The zero-order valence-electron chi connectivity index (χ0n) is 10.5. The van der Waals surface area contributed by atoms with Gasteiger partial charge in [-0.25, -0.2) is 4.79 Å². The molecule has 0 saturated heterocycles. The third-order valence-corrected chi connectivity index (χ3v) is 2.26. The van der Waals surface area contributed by atoms with Crippen molar-refractivity contribution in [2.75, 3.05) is 11.9 Å². The van der Waals surface area contributed by atoms with Crippen LogP contribution in [0.5, 0.6) is 0 Å². The van der Waals surface area contributed by atoms with Crippen molar-refractivity contribution in [2.24, 2.45) is 0 Å². The van der Waals surface area contributed by atoms with E-state index >= 15 is 0 Å². The van der Waals surface area contributed by atoms with Gasteiger partial charge in [-0.2, -0.15) is 0 Å². The quantitative estimate of drug-likeness (QED) is 0.763. The summed E-state index contributed by atoms with van der Waals surface area (Å²) < 4.78 is 4.86. The maximum absolute atomic E-state index is 11.6. The van der Waals surface area contributed by atoms with Gasteiger partial charge in [0.25, 0.3) is 0 Å². The van der Waals surface area contributed by atoms with Crippen LogP contribution < -0.4 is 5.32 Å². The number of carboxylic acids is 1. The van der Waals surface area contributed by atoms with Gasteiger partial charge in [-0.1, -0.05) is 12.1 Å². The van der Waals surface area contributed by atoms with Gasteiger partial charge in [0, 0.05) is 6.42 Å². The molecule has 0 fully saturated rings. The molecule has 102 valence electrons. The molecule has 0 aliphatic heterocycles. The second kappa shape index (κ2) is 7.15. The van der Waals surface area contributed by atoms with Crippen molar-refractivity contribution in [2.45, 2.75) is 19.8 Å². The van der Waals surface area contributed by atoms with Gasteiger partial charge < -0.3 is 15.2 Å². The number of benzene rings is 1. The number of carbonyl (C=O) groups excluding carboxylic acids is 2. The Bertz CT molecular complexity index is 484. The molecule has 6 nitrogen and oxygen atoms in total. The fourth-order valence-electron chi connectivity index (χ4n) is 1.41. The first-order valence-corrected chi connectivity index (χ1v) is 5.82. The molecule has 0 atom stereocenters. The van der Waals surface area contributed by atoms with Gasteiger partial charge in [0.05, 0.1) is 24.3 Å². The van der Waals surface area contributed by atoms with Gasteiger partial charge in [0.15, 0.2) is 0 Å². The molecule has 1 aromatic carbocycles. The molecule has 0 aliphatic carbocycles. The van der Waals surface area contributed by atoms with E-state index in [1.165, 1.54) is 6.07 Å². The number of aliphatic carboxylic acids is 1. The summed E-state index contributed by atoms with van der Waals surface area (Å²) in [6.07, 6.45) is -0.403. The normalized spacial score (nSPS) is 9.74. The van der Waals surface area contributed by atoms with Crippen LogP contribution >= 0.6 is 0 Å². The van der Waals surface area contributed by atoms with Crippen molar-refractivity contribution in [3.8, 4) is 0 Å². The third-order valence-electron chi connectivity index (χ3n) is 2.26. The van der Waals surface area contributed by atoms with Crippen LogP contribution in [-0.4, -0.2) is 29.6 Å². The van der Waals surface area contributed by atoms with Crippen LogP contribution in [0.1, 0.15) is 30.1 Å². The lowest BCUT2D eigenvalue weighted by atomic mass is 10.1. The number of nitrogens with one attached hydrogen (secondary N) is 1. The van der Waals surface area contributed by atoms with Gasteiger partial charge in [-0.3, -0.25) is 9.59 Å². The standard InChI is InChI=1S/C13H15NO5/c1-2-19-13(18)9-5-3-4-6-10(9)14-11(15)7-8-12(16)17/h3-6H,2,7-8H2,1H3,(H,14,15)(H,16,17). The Hall–Kier alpha value is -2.37. The Balaban J connectivity index is 2.75. The fourth-order valence-corrected chi connectivity index (χ4v) is 1.41. The molecule has 1 aromatic rings. The van der Waals surface area contributed by atoms with Gasteiger partial charge >= 0.3 is 11.9 Å². The Morgan fingerprint density at radius 3 is 2.53 bits per heavy atom. The van der Waals surface area contributed by atoms with E-state index in [4.69, 9.17) is 9.84 Å². The van der Waals surface area contributed by atoms with Gasteiger partial charge in [0.2, 0.25) is 5.91 Å². The maximum atomic E-state index is 11.6. The molecule has 2 N–H and O–H groups in total. The van der Waals surface area contributed by atoms with Crippen LogP contribution in [0.3, 0.4) is 0 Å². The summed E-state index contributed by atoms with van der Waals surface area (Å²) in [5, 5.41) is 11.0. The molecule has 0 heterocycles. The summed E-state index contributed by atoms with van der Waals surface area (Å²) in [5.74, 6) is -2.04. The fraction of sp³-hybridized carbons (Fsp3) is 0.308. The minimum Gasteiger partial charge on any atom is -0.481 e. The lowest BCUT2D eigenvalue weighted by molar-refractivity contribution is -0.138. The monoisotopic (exact) mass is 265 g/mol. The molecule has 1 rings (SSSR count). The van der Waals surface area contributed by atoms with Crippen LogP contribution in [0.4, 0.5) is 5.69 Å². The number of para-hydroxylation sites is 1. The van der Waals surface area contributed by atoms with Crippen molar-refractivity contribution in [1.29, 1.82) is 0 Å². The van der Waals surface area contributed by atoms with Crippen LogP contribution in [0.15, 0.2) is 24.3 Å². The summed E-state index contributed by atoms with van der Waals surface area (Å²) in [6.45, 7) is 1.92. The van der Waals surface area contributed by atoms with Crippen LogP contribution in [0, 0.1) is 0 Å². The molecule has 6 heteroatoms. The number of hydrogen-bond donors (Lipinski definition) is 2. The SMILES string of the molecule is CCOC(=O)c1ccccc1NC(=O)CCC(=O)O. The van der Waals surface area contributed by atoms with Gasteiger partial charge in [0.1, 0.15) is 0 Å². The zero-order chi connectivity index (χ0) is 14.3. The summed E-state index contributed by atoms with van der Waals surface area (Å²) in [6, 6.07) is 6.41. The summed E-state index contributed by atoms with van der Waals surface area (Å²) in [7, 11) is 0. The Morgan fingerprint density at radius 1 is 1.21 bits per heavy atom. The number of ether oxygens (including phenoxy) is 1. The van der Waals surface area contributed by atoms with Crippen LogP contribution in [-0.2, 0) is 14.3 Å². The molecule has 0 radical (unpaired) electrons. The van der Waals surface area contributed by atoms with E-state index in [0.717, 1.165) is 0 Å². The predicted octanol–water partition coefficient (Wildman–Crippen LogP) is 1.67. The molecule has 0 saturated carbocycles. The van der Waals surface area contributed by atoms with Crippen molar-refractivity contribution >= 4 is 23.5 Å². The van der Waals surface area contributed by atoms with Gasteiger partial charge in [-0.05, 0) is 19.1 Å². The third kappa shape index (κ3) is 4.79. The number of carbonyl (C=O) groups is 3. The Morgan fingerprint density at radius 2 is 1.89 bits per heavy atom. The molecule has 0 spiro atoms. The van der Waals surface area contributed by atoms with E-state index < -0.39 is 17.8 Å². The molecular weight excluding hydrogens is 250 g/mol. The van der Waals surface area contributed by atoms with Crippen molar-refractivity contribution in [1.82, 2.24) is 0 Å². The molecule has 0 bridgehead atoms. The largest absolute Gasteiger partial charge is 0.481 e. The minimum absolute atomic E-state index is 0.146. The first-order valence-electron chi connectivity index (χ1n) is 5.82. The summed E-state index contributed by atoms with van der Waals surface area (Å²) >= 11 is 0. The first-order chi connectivity index (χ1) is 9.04. The van der Waals surface area contributed by atoms with Crippen LogP contribution in [0.2, 0.25) is 0 Å². The van der Waals surface area contributed by atoms with Crippen LogP contribution in [0.25, 0.3) is 0 Å². The highest BCUT2D eigenvalue weighted by Gasteiger charge is 2.14. The number of anilines is 1. The molecule has 1 amide bonds. The van der Waals surface area contributed by atoms with E-state index in [0.29, 0.717) is 5.69 Å². The average molecular weight is 265 g/mol. The molecule has 0 aromatic heterocycles. The highest BCUT2D eigenvalue weighted by atomic mass is 16.5. The van der Waals surface area contributed by atoms with Crippen molar-refractivity contribution in [3.05, 3.63) is 29.8 Å². The van der Waals surface area contributed by atoms with Crippen molar-refractivity contribution < 1.29 is 24.2 Å². The molecule has 0 unspecified atom stereocenters. The molecule has 0 aliphatic rings. The second-order valence-corrected chi connectivity index (χ2v) is 3.71. The lowest BCUT2D eigenvalue weighted by Crippen LogP contribution is -2.16. The topological polar surface area (TPSA) is 92.7 Å². The number of hydrogen-bond acceptors (Lipinski definition) is 4. The van der Waals surface area contributed by atoms with E-state index in [1.54, 1.807) is 25.1 Å². The van der Waals surface area contributed by atoms with E-state index in [1.807, 2.05) is 0 Å². The number of carboxylic acid groups (broad SMARTS) is 1. The smallest absolute Gasteiger partial charge is 0.340 e. The van der Waals surface area contributed by atoms with E-state index in [9.17, 15) is 14.4 Å².